The highest BCUT2D eigenvalue weighted by atomic mass is 16.8. The number of carbonyl (C=O) groups excluding carboxylic acids is 3. The fourth-order valence-electron chi connectivity index (χ4n) is 12.6. The average molecular weight is 1150 g/mol. The van der Waals surface area contributed by atoms with Gasteiger partial charge in [0.05, 0.1) is 79.5 Å². The molecule has 0 radical (unpaired) electrons. The Labute approximate surface area is 476 Å². The molecule has 4 aliphatic rings. The fourth-order valence-corrected chi connectivity index (χ4v) is 12.6. The van der Waals surface area contributed by atoms with Crippen molar-refractivity contribution < 1.29 is 86.2 Å². The number of methoxy groups -OCH3 is 2. The summed E-state index contributed by atoms with van der Waals surface area (Å²) in [6.45, 7) is 21.4. The zero-order valence-corrected chi connectivity index (χ0v) is 50.4. The Morgan fingerprint density at radius 1 is 0.926 bits per heavy atom. The average Bonchev–Trinajstić information content (AvgIpc) is 3.93. The molecule has 1 aromatic carbocycles. The largest absolute Gasteiger partial charge is 0.509 e. The first-order valence-corrected chi connectivity index (χ1v) is 28.4. The molecule has 1 aromatic heterocycles. The van der Waals surface area contributed by atoms with Gasteiger partial charge in [-0.2, -0.15) is 0 Å². The van der Waals surface area contributed by atoms with Crippen LogP contribution in [0.1, 0.15) is 118 Å². The van der Waals surface area contributed by atoms with Crippen LogP contribution in [0.3, 0.4) is 0 Å². The van der Waals surface area contributed by atoms with E-state index in [-0.39, 0.29) is 68.1 Å². The van der Waals surface area contributed by atoms with E-state index in [1.807, 2.05) is 85.5 Å². The van der Waals surface area contributed by atoms with Crippen LogP contribution in [0.4, 0.5) is 4.79 Å². The van der Waals surface area contributed by atoms with Crippen LogP contribution in [0, 0.1) is 17.8 Å². The molecule has 0 bridgehead atoms. The van der Waals surface area contributed by atoms with Crippen LogP contribution < -0.4 is 5.43 Å². The van der Waals surface area contributed by atoms with Crippen LogP contribution in [0.2, 0.25) is 0 Å². The lowest BCUT2D eigenvalue weighted by atomic mass is 9.77. The number of carboxylic acid groups (broad SMARTS) is 1. The Bertz CT molecular complexity index is 2560. The highest BCUT2D eigenvalue weighted by Gasteiger charge is 2.58. The first-order valence-electron chi connectivity index (χ1n) is 28.4. The number of cyclic esters (lactones) is 1. The van der Waals surface area contributed by atoms with Gasteiger partial charge in [-0.3, -0.25) is 19.3 Å². The number of aromatic nitrogens is 1. The highest BCUT2D eigenvalue weighted by molar-refractivity contribution is 5.93. The highest BCUT2D eigenvalue weighted by Crippen LogP contribution is 2.43. The third-order valence-electron chi connectivity index (χ3n) is 16.8. The van der Waals surface area contributed by atoms with Crippen molar-refractivity contribution in [2.75, 3.05) is 68.3 Å². The lowest BCUT2D eigenvalue weighted by Gasteiger charge is -2.49. The Kier molecular flexibility index (Phi) is 22.6. The fraction of sp³-hybridized carbons (Fsp3) is 0.746. The van der Waals surface area contributed by atoms with Gasteiger partial charge in [-0.15, -0.1) is 0 Å². The number of hydrogen-bond acceptors (Lipinski definition) is 20. The van der Waals surface area contributed by atoms with Crippen molar-refractivity contribution in [2.45, 2.75) is 199 Å². The quantitative estimate of drug-likeness (QED) is 0.0921. The number of aromatic carboxylic acids is 1. The number of esters is 2. The summed E-state index contributed by atoms with van der Waals surface area (Å²) in [5.41, 5.74) is -3.63. The molecule has 2 N–H and O–H groups in total. The molecular weight excluding hydrogens is 1050 g/mol. The van der Waals surface area contributed by atoms with Gasteiger partial charge in [-0.25, -0.2) is 9.59 Å². The number of nitrogens with zero attached hydrogens (tertiary/aromatic N) is 3. The van der Waals surface area contributed by atoms with Crippen molar-refractivity contribution in [3.63, 3.8) is 0 Å². The molecule has 456 valence electrons. The van der Waals surface area contributed by atoms with Gasteiger partial charge < -0.3 is 76.5 Å². The number of carboxylic acids is 1. The molecule has 2 aromatic rings. The number of ether oxygens (including phenoxy) is 12. The van der Waals surface area contributed by atoms with Crippen LogP contribution in [-0.2, 0) is 73.0 Å². The van der Waals surface area contributed by atoms with Crippen molar-refractivity contribution in [3.8, 4) is 0 Å². The minimum absolute atomic E-state index is 0.139. The van der Waals surface area contributed by atoms with Crippen molar-refractivity contribution in [1.29, 1.82) is 0 Å². The molecule has 4 aliphatic heterocycles. The van der Waals surface area contributed by atoms with Gasteiger partial charge in [0.1, 0.15) is 17.8 Å². The van der Waals surface area contributed by atoms with E-state index in [0.717, 1.165) is 0 Å². The molecule has 81 heavy (non-hydrogen) atoms. The van der Waals surface area contributed by atoms with Crippen LogP contribution >= 0.6 is 0 Å². The van der Waals surface area contributed by atoms with E-state index in [2.05, 4.69) is 0 Å². The van der Waals surface area contributed by atoms with E-state index in [1.165, 1.54) is 13.1 Å². The molecule has 0 spiro atoms. The van der Waals surface area contributed by atoms with Crippen molar-refractivity contribution in [2.24, 2.45) is 17.8 Å². The summed E-state index contributed by atoms with van der Waals surface area (Å²) < 4.78 is 76.8. The summed E-state index contributed by atoms with van der Waals surface area (Å²) in [6, 6.07) is 4.56. The predicted molar refractivity (Wildman–Crippen MR) is 297 cm³/mol. The lowest BCUT2D eigenvalue weighted by Crippen LogP contribution is -2.61. The number of likely N-dealkylation sites (N-methyl/N-ethyl adjacent to an activating group) is 2. The summed E-state index contributed by atoms with van der Waals surface area (Å²) in [7, 11) is 8.82. The standard InChI is InChI=1S/C59H91N3O19/c1-17-45-59(11)51(80-56(68)81-59)37(6)61(14)31-33(2)29-57(9,69)50(79-55-49(76-39(8)63)44(60(12)13)27-34(3)74-55)35(4)48(36(5)54(67)77-45)78-46-30-58(10,71-16)52(38(7)75-46)73-26-25-72-23-18-19-40-20-21-43-41(28-40)47(64)42(53(65)66)32-62(43)22-24-70-15/h18-21,28,32-38,44-46,48-52,55,69H,17,22-27,29-31H2,1-16H3,(H,65,66)/b19-18+/t33-,34-,35+,36-,37-,38+,44+,45-,46+,48+,49-,50-,51-,52+,55+,57-,58-,59-/m1/s1. The Balaban J connectivity index is 1.24. The summed E-state index contributed by atoms with van der Waals surface area (Å²) in [6.07, 6.45) is -3.38. The molecule has 22 nitrogen and oxygen atoms in total. The van der Waals surface area contributed by atoms with Gasteiger partial charge >= 0.3 is 24.1 Å². The van der Waals surface area contributed by atoms with Crippen LogP contribution in [0.25, 0.3) is 17.0 Å². The zero-order chi connectivity index (χ0) is 59.9. The van der Waals surface area contributed by atoms with E-state index in [9.17, 15) is 34.2 Å². The molecule has 0 amide bonds. The molecule has 0 aliphatic carbocycles. The van der Waals surface area contributed by atoms with Gasteiger partial charge in [0.25, 0.3) is 0 Å². The van der Waals surface area contributed by atoms with Gasteiger partial charge in [0.2, 0.25) is 5.43 Å². The minimum atomic E-state index is -1.64. The van der Waals surface area contributed by atoms with E-state index in [1.54, 1.807) is 63.8 Å². The number of pyridine rings is 1. The van der Waals surface area contributed by atoms with E-state index in [0.29, 0.717) is 37.2 Å². The Hall–Kier alpha value is -4.59. The third kappa shape index (κ3) is 15.4. The molecule has 0 unspecified atom stereocenters. The van der Waals surface area contributed by atoms with E-state index in [4.69, 9.17) is 56.8 Å². The number of carbonyl (C=O) groups is 4. The second-order valence-electron chi connectivity index (χ2n) is 23.6. The van der Waals surface area contributed by atoms with Gasteiger partial charge in [0, 0.05) is 64.2 Å². The number of fused-ring (bicyclic) bond motifs is 2. The molecule has 6 rings (SSSR count). The maximum atomic E-state index is 14.9. The number of aliphatic hydroxyl groups is 1. The predicted octanol–water partition coefficient (Wildman–Crippen LogP) is 6.07. The molecule has 0 saturated carbocycles. The second-order valence-corrected chi connectivity index (χ2v) is 23.6. The first-order chi connectivity index (χ1) is 38.1. The van der Waals surface area contributed by atoms with Crippen LogP contribution in [0.5, 0.6) is 0 Å². The SMILES string of the molecule is CC[C@H]1OC(=O)[C@H](C)[C@@H](O[C@H]2C[C@@](C)(OC)[C@@H](OCCOC/C=C/c3ccc4c(c3)c(=O)c(C(=O)O)cn4CCOC)[C@H](C)O2)[C@H](C)[C@@H](O[C@@H]2O[C@H](C)C[C@H](N(C)C)[C@H]2OC(C)=O)[C@](C)(O)C[C@@H](C)CN(C)[C@H](C)[C@H]2OC(=O)O[C@@]21C. The summed E-state index contributed by atoms with van der Waals surface area (Å²) in [4.78, 5) is 69.7. The second kappa shape index (κ2) is 27.9. The molecule has 18 atom stereocenters. The monoisotopic (exact) mass is 1150 g/mol. The van der Waals surface area contributed by atoms with E-state index >= 15 is 0 Å². The Morgan fingerprint density at radius 2 is 1.64 bits per heavy atom. The molecular formula is C59H91N3O19. The van der Waals surface area contributed by atoms with Crippen molar-refractivity contribution >= 4 is 41.0 Å². The van der Waals surface area contributed by atoms with Crippen LogP contribution in [-0.4, -0.2) is 207 Å². The maximum Gasteiger partial charge on any atom is 0.509 e. The smallest absolute Gasteiger partial charge is 0.477 e. The molecule has 4 saturated heterocycles. The lowest BCUT2D eigenvalue weighted by molar-refractivity contribution is -0.321. The van der Waals surface area contributed by atoms with E-state index < -0.39 is 119 Å². The molecule has 5 heterocycles. The van der Waals surface area contributed by atoms with Crippen molar-refractivity contribution in [1.82, 2.24) is 14.4 Å². The van der Waals surface area contributed by atoms with Gasteiger partial charge in [-0.1, -0.05) is 39.0 Å². The maximum absolute atomic E-state index is 14.9. The number of benzene rings is 1. The number of rotatable bonds is 19. The topological polar surface area (TPSA) is 248 Å². The third-order valence-corrected chi connectivity index (χ3v) is 16.8. The summed E-state index contributed by atoms with van der Waals surface area (Å²) in [5.74, 6) is -4.58. The summed E-state index contributed by atoms with van der Waals surface area (Å²) in [5, 5.41) is 23.0. The van der Waals surface area contributed by atoms with Crippen LogP contribution in [0.15, 0.2) is 35.3 Å². The summed E-state index contributed by atoms with van der Waals surface area (Å²) >= 11 is 0. The van der Waals surface area contributed by atoms with Gasteiger partial charge in [-0.05, 0) is 112 Å². The Morgan fingerprint density at radius 3 is 2.28 bits per heavy atom. The molecule has 4 fully saturated rings. The molecule has 22 heteroatoms. The first kappa shape index (κ1) is 65.6. The zero-order valence-electron chi connectivity index (χ0n) is 50.4. The number of hydrogen-bond donors (Lipinski definition) is 2. The van der Waals surface area contributed by atoms with Crippen molar-refractivity contribution in [3.05, 3.63) is 51.8 Å². The van der Waals surface area contributed by atoms with Gasteiger partial charge in [0.15, 0.2) is 30.4 Å². The normalized spacial score (nSPS) is 36.6. The minimum Gasteiger partial charge on any atom is -0.477 e.